The van der Waals surface area contributed by atoms with E-state index in [1.54, 1.807) is 0 Å². The summed E-state index contributed by atoms with van der Waals surface area (Å²) in [4.78, 5) is 1.11. The van der Waals surface area contributed by atoms with Crippen molar-refractivity contribution in [2.75, 3.05) is 24.6 Å². The predicted molar refractivity (Wildman–Crippen MR) is 72.2 cm³/mol. The Balaban J connectivity index is 1.90. The lowest BCUT2D eigenvalue weighted by Gasteiger charge is -2.22. The molecule has 1 fully saturated rings. The zero-order valence-electron chi connectivity index (χ0n) is 9.21. The molecule has 1 unspecified atom stereocenters. The van der Waals surface area contributed by atoms with E-state index in [2.05, 4.69) is 5.32 Å². The van der Waals surface area contributed by atoms with Gasteiger partial charge in [-0.1, -0.05) is 11.6 Å². The summed E-state index contributed by atoms with van der Waals surface area (Å²) in [5, 5.41) is 4.19. The summed E-state index contributed by atoms with van der Waals surface area (Å²) in [5.74, 6) is 1.88. The van der Waals surface area contributed by atoms with Crippen molar-refractivity contribution >= 4 is 29.1 Å². The molecule has 0 aromatic heterocycles. The largest absolute Gasteiger partial charge is 0.398 e. The first-order valence-electron chi connectivity index (χ1n) is 5.64. The Kier molecular flexibility index (Phi) is 4.38. The number of nitrogen functional groups attached to an aromatic ring is 1. The second-order valence-corrected chi connectivity index (χ2v) is 5.70. The lowest BCUT2D eigenvalue weighted by Crippen LogP contribution is -2.30. The molecule has 0 radical (unpaired) electrons. The molecule has 1 aromatic carbocycles. The van der Waals surface area contributed by atoms with Crippen LogP contribution in [-0.2, 0) is 0 Å². The Labute approximate surface area is 106 Å². The molecular weight excluding hydrogens is 240 g/mol. The van der Waals surface area contributed by atoms with Gasteiger partial charge in [-0.15, -0.1) is 11.8 Å². The minimum atomic E-state index is 0.761. The van der Waals surface area contributed by atoms with Gasteiger partial charge in [-0.2, -0.15) is 0 Å². The van der Waals surface area contributed by atoms with Crippen LogP contribution in [0.3, 0.4) is 0 Å². The molecule has 1 aromatic rings. The van der Waals surface area contributed by atoms with Crippen molar-refractivity contribution in [1.82, 2.24) is 5.32 Å². The molecule has 0 bridgehead atoms. The fourth-order valence-corrected chi connectivity index (χ4v) is 3.29. The fraction of sp³-hybridized carbons (Fsp3) is 0.500. The van der Waals surface area contributed by atoms with Crippen molar-refractivity contribution in [1.29, 1.82) is 0 Å². The number of benzene rings is 1. The van der Waals surface area contributed by atoms with Crippen LogP contribution < -0.4 is 11.1 Å². The van der Waals surface area contributed by atoms with Gasteiger partial charge >= 0.3 is 0 Å². The second-order valence-electron chi connectivity index (χ2n) is 4.21. The summed E-state index contributed by atoms with van der Waals surface area (Å²) in [6, 6.07) is 5.67. The first kappa shape index (κ1) is 12.1. The lowest BCUT2D eigenvalue weighted by molar-refractivity contribution is 0.410. The lowest BCUT2D eigenvalue weighted by atomic mass is 10.0. The molecule has 0 spiro atoms. The monoisotopic (exact) mass is 256 g/mol. The highest BCUT2D eigenvalue weighted by Gasteiger charge is 2.13. The van der Waals surface area contributed by atoms with Crippen LogP contribution in [0.25, 0.3) is 0 Å². The maximum absolute atomic E-state index is 5.96. The maximum Gasteiger partial charge on any atom is 0.0453 e. The minimum absolute atomic E-state index is 0.761. The molecule has 0 amide bonds. The number of halogens is 1. The van der Waals surface area contributed by atoms with Gasteiger partial charge in [0.1, 0.15) is 0 Å². The maximum atomic E-state index is 5.96. The van der Waals surface area contributed by atoms with E-state index in [4.69, 9.17) is 17.3 Å². The van der Waals surface area contributed by atoms with Crippen molar-refractivity contribution in [3.63, 3.8) is 0 Å². The Morgan fingerprint density at radius 3 is 3.12 bits per heavy atom. The number of rotatable bonds is 3. The zero-order valence-corrected chi connectivity index (χ0v) is 10.8. The zero-order chi connectivity index (χ0) is 11.4. The van der Waals surface area contributed by atoms with Crippen molar-refractivity contribution in [3.8, 4) is 0 Å². The average Bonchev–Trinajstić information content (AvgIpc) is 2.32. The van der Waals surface area contributed by atoms with Crippen molar-refractivity contribution < 1.29 is 0 Å². The first-order valence-corrected chi connectivity index (χ1v) is 7.00. The van der Waals surface area contributed by atoms with E-state index >= 15 is 0 Å². The normalized spacial score (nSPS) is 20.9. The van der Waals surface area contributed by atoms with Crippen LogP contribution in [0.1, 0.15) is 12.8 Å². The molecule has 1 heterocycles. The standard InChI is InChI=1S/C12H17ClN2S/c13-10-3-4-11(14)12(6-10)16-8-9-2-1-5-15-7-9/h3-4,6,9,15H,1-2,5,7-8,14H2. The third kappa shape index (κ3) is 3.30. The Morgan fingerprint density at radius 2 is 2.38 bits per heavy atom. The Hall–Kier alpha value is -0.380. The van der Waals surface area contributed by atoms with E-state index < -0.39 is 0 Å². The fourth-order valence-electron chi connectivity index (χ4n) is 1.91. The van der Waals surface area contributed by atoms with Crippen LogP contribution in [0.2, 0.25) is 5.02 Å². The third-order valence-electron chi connectivity index (χ3n) is 2.85. The summed E-state index contributed by atoms with van der Waals surface area (Å²) >= 11 is 7.78. The van der Waals surface area contributed by atoms with E-state index in [-0.39, 0.29) is 0 Å². The highest BCUT2D eigenvalue weighted by atomic mass is 35.5. The predicted octanol–water partition coefficient (Wildman–Crippen LogP) is 3.01. The summed E-state index contributed by atoms with van der Waals surface area (Å²) in [6.45, 7) is 2.30. The molecule has 16 heavy (non-hydrogen) atoms. The van der Waals surface area contributed by atoms with E-state index in [0.717, 1.165) is 33.8 Å². The summed E-state index contributed by atoms with van der Waals surface area (Å²) in [7, 11) is 0. The van der Waals surface area contributed by atoms with Crippen LogP contribution in [0.4, 0.5) is 5.69 Å². The van der Waals surface area contributed by atoms with E-state index in [9.17, 15) is 0 Å². The van der Waals surface area contributed by atoms with Gasteiger partial charge in [-0.25, -0.2) is 0 Å². The first-order chi connectivity index (χ1) is 7.75. The average molecular weight is 257 g/mol. The molecule has 1 saturated heterocycles. The molecule has 1 atom stereocenters. The molecule has 1 aliphatic rings. The minimum Gasteiger partial charge on any atom is -0.398 e. The molecule has 1 aliphatic heterocycles. The van der Waals surface area contributed by atoms with Gasteiger partial charge in [0.15, 0.2) is 0 Å². The van der Waals surface area contributed by atoms with Crippen LogP contribution >= 0.6 is 23.4 Å². The number of nitrogens with one attached hydrogen (secondary N) is 1. The number of nitrogens with two attached hydrogens (primary N) is 1. The number of anilines is 1. The molecule has 88 valence electrons. The van der Waals surface area contributed by atoms with Gasteiger partial charge in [0, 0.05) is 21.4 Å². The smallest absolute Gasteiger partial charge is 0.0453 e. The van der Waals surface area contributed by atoms with Gasteiger partial charge < -0.3 is 11.1 Å². The molecular formula is C12H17ClN2S. The second kappa shape index (κ2) is 5.80. The van der Waals surface area contributed by atoms with Gasteiger partial charge in [0.2, 0.25) is 0 Å². The highest BCUT2D eigenvalue weighted by molar-refractivity contribution is 7.99. The Bertz CT molecular complexity index is 351. The van der Waals surface area contributed by atoms with Crippen LogP contribution in [0, 0.1) is 5.92 Å². The molecule has 0 aliphatic carbocycles. The molecule has 4 heteroatoms. The molecule has 2 rings (SSSR count). The summed E-state index contributed by atoms with van der Waals surface area (Å²) in [5.41, 5.74) is 6.74. The van der Waals surface area contributed by atoms with E-state index in [1.807, 2.05) is 30.0 Å². The SMILES string of the molecule is Nc1ccc(Cl)cc1SCC1CCCNC1. The summed E-state index contributed by atoms with van der Waals surface area (Å²) in [6.07, 6.45) is 2.61. The summed E-state index contributed by atoms with van der Waals surface area (Å²) < 4.78 is 0. The quantitative estimate of drug-likeness (QED) is 0.645. The molecule has 3 N–H and O–H groups in total. The highest BCUT2D eigenvalue weighted by Crippen LogP contribution is 2.30. The number of hydrogen-bond acceptors (Lipinski definition) is 3. The van der Waals surface area contributed by atoms with E-state index in [1.165, 1.54) is 19.4 Å². The van der Waals surface area contributed by atoms with Crippen molar-refractivity contribution in [3.05, 3.63) is 23.2 Å². The van der Waals surface area contributed by atoms with Gasteiger partial charge in [0.25, 0.3) is 0 Å². The van der Waals surface area contributed by atoms with Crippen LogP contribution in [0.15, 0.2) is 23.1 Å². The van der Waals surface area contributed by atoms with Crippen molar-refractivity contribution in [2.24, 2.45) is 5.92 Å². The number of thioether (sulfide) groups is 1. The molecule has 0 saturated carbocycles. The van der Waals surface area contributed by atoms with E-state index in [0.29, 0.717) is 0 Å². The van der Waals surface area contributed by atoms with Gasteiger partial charge in [-0.05, 0) is 50.0 Å². The Morgan fingerprint density at radius 1 is 1.50 bits per heavy atom. The van der Waals surface area contributed by atoms with Gasteiger partial charge in [0.05, 0.1) is 0 Å². The topological polar surface area (TPSA) is 38.0 Å². The van der Waals surface area contributed by atoms with Crippen LogP contribution in [0.5, 0.6) is 0 Å². The third-order valence-corrected chi connectivity index (χ3v) is 4.39. The van der Waals surface area contributed by atoms with Gasteiger partial charge in [-0.3, -0.25) is 0 Å². The molecule has 2 nitrogen and oxygen atoms in total. The number of piperidine rings is 1. The van der Waals surface area contributed by atoms with Crippen molar-refractivity contribution in [2.45, 2.75) is 17.7 Å². The van der Waals surface area contributed by atoms with Crippen LogP contribution in [-0.4, -0.2) is 18.8 Å². The number of hydrogen-bond donors (Lipinski definition) is 2.